The van der Waals surface area contributed by atoms with Gasteiger partial charge >= 0.3 is 0 Å². The van der Waals surface area contributed by atoms with Crippen LogP contribution in [0.25, 0.3) is 17.0 Å². The molecule has 0 aliphatic rings. The van der Waals surface area contributed by atoms with E-state index in [0.29, 0.717) is 11.6 Å². The first-order chi connectivity index (χ1) is 10.4. The molecule has 0 aliphatic heterocycles. The average Bonchev–Trinajstić information content (AvgIpc) is 2.88. The van der Waals surface area contributed by atoms with Crippen LogP contribution in [0, 0.1) is 0 Å². The first-order valence-corrected chi connectivity index (χ1v) is 7.48. The van der Waals surface area contributed by atoms with Crippen LogP contribution in [0.5, 0.6) is 0 Å². The van der Waals surface area contributed by atoms with Gasteiger partial charge in [-0.3, -0.25) is 4.98 Å². The number of imidazole rings is 1. The number of hydrogen-bond acceptors (Lipinski definition) is 4. The number of aryl methyl sites for hydroxylation is 1. The van der Waals surface area contributed by atoms with Gasteiger partial charge in [-0.05, 0) is 56.5 Å². The molecule has 0 fully saturated rings. The molecule has 0 saturated heterocycles. The molecule has 3 aromatic rings. The van der Waals surface area contributed by atoms with Crippen LogP contribution in [0.4, 0.5) is 0 Å². The number of hydrogen-bond donors (Lipinski definition) is 1. The van der Waals surface area contributed by atoms with Crippen LogP contribution < -0.4 is 0 Å². The number of pyridine rings is 1. The number of nitrogens with zero attached hydrogens (tertiary/aromatic N) is 4. The number of fused-ring (bicyclic) bond motifs is 1. The molecule has 0 aromatic carbocycles. The van der Waals surface area contributed by atoms with Gasteiger partial charge in [0.25, 0.3) is 0 Å². The Kier molecular flexibility index (Phi) is 3.85. The van der Waals surface area contributed by atoms with E-state index in [0.717, 1.165) is 29.0 Å². The Hall–Kier alpha value is -1.98. The van der Waals surface area contributed by atoms with E-state index in [-0.39, 0.29) is 0 Å². The predicted molar refractivity (Wildman–Crippen MR) is 85.8 cm³/mol. The zero-order chi connectivity index (χ0) is 15.7. The Balaban J connectivity index is 1.95. The molecule has 0 bridgehead atoms. The van der Waals surface area contributed by atoms with Crippen LogP contribution in [0.3, 0.4) is 0 Å². The fourth-order valence-corrected chi connectivity index (χ4v) is 2.38. The van der Waals surface area contributed by atoms with Gasteiger partial charge in [-0.25, -0.2) is 9.50 Å². The first-order valence-electron chi connectivity index (χ1n) is 7.10. The molecular weight excluding hydrogens is 300 g/mol. The molecule has 0 amide bonds. The number of aliphatic hydroxyl groups is 1. The van der Waals surface area contributed by atoms with Gasteiger partial charge in [0.15, 0.2) is 5.65 Å². The van der Waals surface area contributed by atoms with Crippen LogP contribution in [-0.4, -0.2) is 30.3 Å². The van der Waals surface area contributed by atoms with Gasteiger partial charge in [-0.2, -0.15) is 5.10 Å². The maximum Gasteiger partial charge on any atom is 0.154 e. The summed E-state index contributed by atoms with van der Waals surface area (Å²) in [4.78, 5) is 8.71. The summed E-state index contributed by atoms with van der Waals surface area (Å²) in [5, 5.41) is 14.5. The molecule has 3 aromatic heterocycles. The molecule has 0 atom stereocenters. The minimum atomic E-state index is -0.679. The van der Waals surface area contributed by atoms with Crippen molar-refractivity contribution in [1.29, 1.82) is 0 Å². The highest BCUT2D eigenvalue weighted by Gasteiger charge is 2.13. The second-order valence-electron chi connectivity index (χ2n) is 5.93. The Bertz CT molecular complexity index is 807. The molecule has 22 heavy (non-hydrogen) atoms. The minimum absolute atomic E-state index is 0.407. The standard InChI is InChI=1S/C16H17ClN4O/c1-16(2,22)7-5-11-6-8-18-12(9-11)13-10-19-15-4-3-14(17)20-21(13)15/h3-4,6,8-10,22H,5,7H2,1-2H3. The van der Waals surface area contributed by atoms with Gasteiger partial charge in [0.1, 0.15) is 10.8 Å². The lowest BCUT2D eigenvalue weighted by atomic mass is 9.99. The number of rotatable bonds is 4. The van der Waals surface area contributed by atoms with Crippen molar-refractivity contribution in [1.82, 2.24) is 19.6 Å². The molecular formula is C16H17ClN4O. The molecule has 6 heteroatoms. The number of halogens is 1. The normalized spacial score (nSPS) is 12.0. The summed E-state index contributed by atoms with van der Waals surface area (Å²) >= 11 is 5.96. The van der Waals surface area contributed by atoms with Crippen molar-refractivity contribution in [3.63, 3.8) is 0 Å². The van der Waals surface area contributed by atoms with Crippen molar-refractivity contribution in [3.8, 4) is 11.4 Å². The van der Waals surface area contributed by atoms with E-state index in [1.54, 1.807) is 23.0 Å². The summed E-state index contributed by atoms with van der Waals surface area (Å²) in [6.07, 6.45) is 4.97. The van der Waals surface area contributed by atoms with E-state index < -0.39 is 5.60 Å². The monoisotopic (exact) mass is 316 g/mol. The summed E-state index contributed by atoms with van der Waals surface area (Å²) in [5.74, 6) is 0. The van der Waals surface area contributed by atoms with Gasteiger partial charge in [-0.15, -0.1) is 0 Å². The van der Waals surface area contributed by atoms with Crippen molar-refractivity contribution < 1.29 is 5.11 Å². The Morgan fingerprint density at radius 3 is 2.82 bits per heavy atom. The first kappa shape index (κ1) is 14.9. The molecule has 0 saturated carbocycles. The van der Waals surface area contributed by atoms with Gasteiger partial charge in [0.2, 0.25) is 0 Å². The number of aromatic nitrogens is 4. The van der Waals surface area contributed by atoms with Crippen molar-refractivity contribution in [2.24, 2.45) is 0 Å². The topological polar surface area (TPSA) is 63.3 Å². The third-order valence-corrected chi connectivity index (χ3v) is 3.64. The van der Waals surface area contributed by atoms with E-state index >= 15 is 0 Å². The van der Waals surface area contributed by atoms with E-state index in [1.807, 2.05) is 32.0 Å². The maximum atomic E-state index is 9.85. The molecule has 1 N–H and O–H groups in total. The van der Waals surface area contributed by atoms with Crippen LogP contribution in [0.2, 0.25) is 5.15 Å². The molecule has 0 spiro atoms. The zero-order valence-electron chi connectivity index (χ0n) is 12.5. The van der Waals surface area contributed by atoms with Crippen LogP contribution in [-0.2, 0) is 6.42 Å². The Labute approximate surface area is 133 Å². The Morgan fingerprint density at radius 2 is 2.05 bits per heavy atom. The fraction of sp³-hybridized carbons (Fsp3) is 0.312. The Morgan fingerprint density at radius 1 is 1.23 bits per heavy atom. The largest absolute Gasteiger partial charge is 0.390 e. The van der Waals surface area contributed by atoms with E-state index in [9.17, 15) is 5.11 Å². The third-order valence-electron chi connectivity index (χ3n) is 3.44. The average molecular weight is 317 g/mol. The quantitative estimate of drug-likeness (QED) is 0.803. The van der Waals surface area contributed by atoms with E-state index in [1.165, 1.54) is 0 Å². The molecule has 0 unspecified atom stereocenters. The predicted octanol–water partition coefficient (Wildman–Crippen LogP) is 3.15. The van der Waals surface area contributed by atoms with Gasteiger partial charge in [0, 0.05) is 6.20 Å². The smallest absolute Gasteiger partial charge is 0.154 e. The summed E-state index contributed by atoms with van der Waals surface area (Å²) in [6.45, 7) is 3.62. The summed E-state index contributed by atoms with van der Waals surface area (Å²) in [6, 6.07) is 7.48. The summed E-state index contributed by atoms with van der Waals surface area (Å²) < 4.78 is 1.68. The van der Waals surface area contributed by atoms with Gasteiger partial charge in [-0.1, -0.05) is 11.6 Å². The zero-order valence-corrected chi connectivity index (χ0v) is 13.2. The molecule has 3 heterocycles. The highest BCUT2D eigenvalue weighted by molar-refractivity contribution is 6.29. The molecule has 5 nitrogen and oxygen atoms in total. The lowest BCUT2D eigenvalue weighted by molar-refractivity contribution is 0.0714. The highest BCUT2D eigenvalue weighted by Crippen LogP contribution is 2.21. The molecule has 0 aliphatic carbocycles. The molecule has 0 radical (unpaired) electrons. The van der Waals surface area contributed by atoms with Gasteiger partial charge < -0.3 is 5.11 Å². The van der Waals surface area contributed by atoms with Crippen LogP contribution >= 0.6 is 11.6 Å². The van der Waals surface area contributed by atoms with Gasteiger partial charge in [0.05, 0.1) is 17.5 Å². The minimum Gasteiger partial charge on any atom is -0.390 e. The SMILES string of the molecule is CC(C)(O)CCc1ccnc(-c2cnc3ccc(Cl)nn23)c1. The van der Waals surface area contributed by atoms with Crippen LogP contribution in [0.1, 0.15) is 25.8 Å². The lowest BCUT2D eigenvalue weighted by Gasteiger charge is -2.16. The second kappa shape index (κ2) is 5.66. The summed E-state index contributed by atoms with van der Waals surface area (Å²) in [7, 11) is 0. The highest BCUT2D eigenvalue weighted by atomic mass is 35.5. The fourth-order valence-electron chi connectivity index (χ4n) is 2.25. The summed E-state index contributed by atoms with van der Waals surface area (Å²) in [5.41, 5.74) is 2.74. The van der Waals surface area contributed by atoms with Crippen molar-refractivity contribution in [3.05, 3.63) is 47.4 Å². The maximum absolute atomic E-state index is 9.85. The van der Waals surface area contributed by atoms with Crippen molar-refractivity contribution in [2.75, 3.05) is 0 Å². The third kappa shape index (κ3) is 3.26. The van der Waals surface area contributed by atoms with E-state index in [2.05, 4.69) is 15.1 Å². The second-order valence-corrected chi connectivity index (χ2v) is 6.32. The van der Waals surface area contributed by atoms with Crippen LogP contribution in [0.15, 0.2) is 36.7 Å². The van der Waals surface area contributed by atoms with Crippen molar-refractivity contribution in [2.45, 2.75) is 32.3 Å². The van der Waals surface area contributed by atoms with Crippen molar-refractivity contribution >= 4 is 17.2 Å². The lowest BCUT2D eigenvalue weighted by Crippen LogP contribution is -2.19. The molecule has 114 valence electrons. The van der Waals surface area contributed by atoms with E-state index in [4.69, 9.17) is 11.6 Å². The molecule has 3 rings (SSSR count).